The van der Waals surface area contributed by atoms with E-state index in [4.69, 9.17) is 0 Å². The Bertz CT molecular complexity index is 610. The van der Waals surface area contributed by atoms with Crippen molar-refractivity contribution in [3.05, 3.63) is 11.6 Å². The van der Waals surface area contributed by atoms with Gasteiger partial charge in [0.05, 0.1) is 11.7 Å². The molecule has 3 saturated carbocycles. The van der Waals surface area contributed by atoms with Gasteiger partial charge in [-0.2, -0.15) is 0 Å². The number of aliphatic hydroxyl groups is 2. The first-order valence-electron chi connectivity index (χ1n) is 12.9. The van der Waals surface area contributed by atoms with Gasteiger partial charge >= 0.3 is 0 Å². The molecule has 0 aromatic heterocycles. The van der Waals surface area contributed by atoms with E-state index < -0.39 is 5.60 Å². The molecular weight excluding hydrogens is 356 g/mol. The largest absolute Gasteiger partial charge is 0.393 e. The SMILES string of the molecule is CC[C@]1(O)CC[C@H]2C(=CC[C@@H]3[C@@H]2CC[C@]2(C)[C@@H](CCC[C@@H](O)C(C)C)CC[C@@H]32)C1. The van der Waals surface area contributed by atoms with Crippen molar-refractivity contribution in [3.63, 3.8) is 0 Å². The maximum absolute atomic E-state index is 10.8. The molecule has 0 radical (unpaired) electrons. The first kappa shape index (κ1) is 21.9. The van der Waals surface area contributed by atoms with Crippen LogP contribution in [0.1, 0.15) is 105 Å². The van der Waals surface area contributed by atoms with E-state index in [9.17, 15) is 10.2 Å². The minimum absolute atomic E-state index is 0.120. The van der Waals surface area contributed by atoms with Crippen LogP contribution in [0, 0.1) is 40.9 Å². The number of hydrogen-bond donors (Lipinski definition) is 2. The normalized spacial score (nSPS) is 45.3. The third-order valence-electron chi connectivity index (χ3n) is 10.3. The Labute approximate surface area is 179 Å². The summed E-state index contributed by atoms with van der Waals surface area (Å²) in [5.41, 5.74) is 1.73. The standard InChI is InChI=1S/C27H46O2/c1-5-27(29)16-14-21-19(17-27)9-11-23-22(21)13-15-26(4)20(10-12-24(23)26)7-6-8-25(28)18(2)3/h9,18,20-25,28-29H,5-8,10-17H2,1-4H3/t20-,21-,22+,23+,24-,25+,26+,27-/m0/s1. The van der Waals surface area contributed by atoms with Gasteiger partial charge in [0.2, 0.25) is 0 Å². The van der Waals surface area contributed by atoms with Crippen LogP contribution >= 0.6 is 0 Å². The third kappa shape index (κ3) is 3.98. The lowest BCUT2D eigenvalue weighted by atomic mass is 9.51. The summed E-state index contributed by atoms with van der Waals surface area (Å²) in [7, 11) is 0. The van der Waals surface area contributed by atoms with Crippen molar-refractivity contribution in [1.82, 2.24) is 0 Å². The molecule has 2 heteroatoms. The first-order valence-corrected chi connectivity index (χ1v) is 12.9. The molecule has 0 aromatic rings. The summed E-state index contributed by atoms with van der Waals surface area (Å²) >= 11 is 0. The monoisotopic (exact) mass is 402 g/mol. The second-order valence-electron chi connectivity index (χ2n) is 11.9. The van der Waals surface area contributed by atoms with Gasteiger partial charge in [-0.25, -0.2) is 0 Å². The van der Waals surface area contributed by atoms with Gasteiger partial charge in [-0.15, -0.1) is 0 Å². The van der Waals surface area contributed by atoms with E-state index in [1.54, 1.807) is 5.57 Å². The Morgan fingerprint density at radius 1 is 1.10 bits per heavy atom. The molecule has 4 aliphatic rings. The summed E-state index contributed by atoms with van der Waals surface area (Å²) < 4.78 is 0. The van der Waals surface area contributed by atoms with Crippen molar-refractivity contribution >= 4 is 0 Å². The molecule has 0 saturated heterocycles. The van der Waals surface area contributed by atoms with Gasteiger partial charge in [-0.3, -0.25) is 0 Å². The molecule has 4 aliphatic carbocycles. The van der Waals surface area contributed by atoms with E-state index in [0.717, 1.165) is 55.3 Å². The average Bonchev–Trinajstić information content (AvgIpc) is 3.04. The maximum atomic E-state index is 10.8. The second-order valence-corrected chi connectivity index (χ2v) is 11.9. The lowest BCUT2D eigenvalue weighted by Crippen LogP contribution is -2.47. The molecular formula is C27H46O2. The fourth-order valence-corrected chi connectivity index (χ4v) is 8.16. The van der Waals surface area contributed by atoms with Crippen LogP contribution in [-0.4, -0.2) is 21.9 Å². The number of rotatable bonds is 6. The summed E-state index contributed by atoms with van der Waals surface area (Å²) in [5, 5.41) is 21.0. The minimum atomic E-state index is -0.419. The summed E-state index contributed by atoms with van der Waals surface area (Å²) in [6.45, 7) is 9.05. The van der Waals surface area contributed by atoms with Crippen molar-refractivity contribution in [2.24, 2.45) is 40.9 Å². The smallest absolute Gasteiger partial charge is 0.0682 e. The quantitative estimate of drug-likeness (QED) is 0.498. The Morgan fingerprint density at radius 2 is 1.90 bits per heavy atom. The van der Waals surface area contributed by atoms with Crippen molar-refractivity contribution in [2.45, 2.75) is 116 Å². The van der Waals surface area contributed by atoms with E-state index in [-0.39, 0.29) is 6.10 Å². The second kappa shape index (κ2) is 8.30. The Morgan fingerprint density at radius 3 is 2.62 bits per heavy atom. The number of aliphatic hydroxyl groups excluding tert-OH is 1. The van der Waals surface area contributed by atoms with Crippen molar-refractivity contribution in [2.75, 3.05) is 0 Å². The number of fused-ring (bicyclic) bond motifs is 5. The van der Waals surface area contributed by atoms with Crippen LogP contribution in [0.25, 0.3) is 0 Å². The molecule has 0 aromatic carbocycles. The molecule has 0 unspecified atom stereocenters. The lowest BCUT2D eigenvalue weighted by molar-refractivity contribution is -0.0409. The maximum Gasteiger partial charge on any atom is 0.0682 e. The zero-order valence-corrected chi connectivity index (χ0v) is 19.5. The fraction of sp³-hybridized carbons (Fsp3) is 0.926. The zero-order chi connectivity index (χ0) is 20.8. The predicted octanol–water partition coefficient (Wildman–Crippen LogP) is 6.50. The molecule has 0 heterocycles. The molecule has 4 rings (SSSR count). The van der Waals surface area contributed by atoms with Gasteiger partial charge in [-0.1, -0.05) is 45.8 Å². The molecule has 3 fully saturated rings. The molecule has 2 nitrogen and oxygen atoms in total. The molecule has 0 spiro atoms. The lowest BCUT2D eigenvalue weighted by Gasteiger charge is -2.54. The highest BCUT2D eigenvalue weighted by Crippen LogP contribution is 2.64. The van der Waals surface area contributed by atoms with Gasteiger partial charge in [0, 0.05) is 0 Å². The summed E-state index contributed by atoms with van der Waals surface area (Å²) in [6.07, 6.45) is 17.0. The molecule has 166 valence electrons. The van der Waals surface area contributed by atoms with E-state index in [2.05, 4.69) is 33.8 Å². The Hall–Kier alpha value is -0.340. The van der Waals surface area contributed by atoms with Crippen LogP contribution in [0.5, 0.6) is 0 Å². The van der Waals surface area contributed by atoms with E-state index >= 15 is 0 Å². The molecule has 0 aliphatic heterocycles. The molecule has 0 amide bonds. The van der Waals surface area contributed by atoms with Crippen molar-refractivity contribution in [1.29, 1.82) is 0 Å². The van der Waals surface area contributed by atoms with Crippen LogP contribution in [0.4, 0.5) is 0 Å². The highest BCUT2D eigenvalue weighted by Gasteiger charge is 2.55. The van der Waals surface area contributed by atoms with E-state index in [1.165, 1.54) is 51.4 Å². The summed E-state index contributed by atoms with van der Waals surface area (Å²) in [5.74, 6) is 4.71. The summed E-state index contributed by atoms with van der Waals surface area (Å²) in [4.78, 5) is 0. The summed E-state index contributed by atoms with van der Waals surface area (Å²) in [6, 6.07) is 0. The number of hydrogen-bond acceptors (Lipinski definition) is 2. The van der Waals surface area contributed by atoms with E-state index in [0.29, 0.717) is 11.3 Å². The third-order valence-corrected chi connectivity index (χ3v) is 10.3. The van der Waals surface area contributed by atoms with E-state index in [1.807, 2.05) is 0 Å². The van der Waals surface area contributed by atoms with Gasteiger partial charge < -0.3 is 10.2 Å². The van der Waals surface area contributed by atoms with Gasteiger partial charge in [0.15, 0.2) is 0 Å². The van der Waals surface area contributed by atoms with Gasteiger partial charge in [0.1, 0.15) is 0 Å². The molecule has 2 N–H and O–H groups in total. The number of allylic oxidation sites excluding steroid dienone is 1. The van der Waals surface area contributed by atoms with Crippen molar-refractivity contribution in [3.8, 4) is 0 Å². The zero-order valence-electron chi connectivity index (χ0n) is 19.5. The first-order chi connectivity index (χ1) is 13.8. The molecule has 0 bridgehead atoms. The minimum Gasteiger partial charge on any atom is -0.393 e. The van der Waals surface area contributed by atoms with Crippen LogP contribution < -0.4 is 0 Å². The highest BCUT2D eigenvalue weighted by atomic mass is 16.3. The molecule has 8 atom stereocenters. The van der Waals surface area contributed by atoms with Crippen LogP contribution in [0.15, 0.2) is 11.6 Å². The predicted molar refractivity (Wildman–Crippen MR) is 121 cm³/mol. The average molecular weight is 403 g/mol. The highest BCUT2D eigenvalue weighted by molar-refractivity contribution is 5.21. The van der Waals surface area contributed by atoms with Crippen LogP contribution in [0.2, 0.25) is 0 Å². The Balaban J connectivity index is 1.41. The fourth-order valence-electron chi connectivity index (χ4n) is 8.16. The van der Waals surface area contributed by atoms with Crippen molar-refractivity contribution < 1.29 is 10.2 Å². The van der Waals surface area contributed by atoms with Gasteiger partial charge in [0.25, 0.3) is 0 Å². The van der Waals surface area contributed by atoms with Crippen LogP contribution in [-0.2, 0) is 0 Å². The van der Waals surface area contributed by atoms with Crippen LogP contribution in [0.3, 0.4) is 0 Å². The van der Waals surface area contributed by atoms with Gasteiger partial charge in [-0.05, 0) is 112 Å². The molecule has 29 heavy (non-hydrogen) atoms. The topological polar surface area (TPSA) is 40.5 Å². The Kier molecular flexibility index (Phi) is 6.26.